The van der Waals surface area contributed by atoms with Crippen LogP contribution in [0.1, 0.15) is 71.1 Å². The van der Waals surface area contributed by atoms with Crippen LogP contribution in [0, 0.1) is 0 Å². The second kappa shape index (κ2) is 17.8. The molecule has 0 aromatic rings. The van der Waals surface area contributed by atoms with Crippen molar-refractivity contribution in [2.75, 3.05) is 47.5 Å². The van der Waals surface area contributed by atoms with E-state index in [-0.39, 0.29) is 13.0 Å². The van der Waals surface area contributed by atoms with Crippen molar-refractivity contribution in [1.82, 2.24) is 0 Å². The molecule has 2 N–H and O–H groups in total. The fraction of sp³-hybridized carbons (Fsp3) is 0.864. The van der Waals surface area contributed by atoms with E-state index < -0.39 is 33.1 Å². The Labute approximate surface area is 188 Å². The number of carbonyl (C=O) groups excluding carboxylic acids is 1. The highest BCUT2D eigenvalue weighted by molar-refractivity contribution is 7.47. The largest absolute Gasteiger partial charge is 0.472 e. The van der Waals surface area contributed by atoms with Crippen LogP contribution in [-0.2, 0) is 23.1 Å². The lowest BCUT2D eigenvalue weighted by molar-refractivity contribution is -0.870. The zero-order valence-electron chi connectivity index (χ0n) is 20.0. The minimum Gasteiger partial charge on any atom is -0.457 e. The monoisotopic (exact) mass is 466 g/mol. The number of rotatable bonds is 20. The van der Waals surface area contributed by atoms with Gasteiger partial charge in [0.25, 0.3) is 0 Å². The van der Waals surface area contributed by atoms with E-state index in [0.29, 0.717) is 11.0 Å². The van der Waals surface area contributed by atoms with Crippen LogP contribution in [-0.4, -0.2) is 74.1 Å². The molecule has 0 rings (SSSR count). The zero-order valence-corrected chi connectivity index (χ0v) is 20.9. The Morgan fingerprint density at radius 2 is 1.61 bits per heavy atom. The molecule has 0 bridgehead atoms. The summed E-state index contributed by atoms with van der Waals surface area (Å²) in [4.78, 5) is 21.6. The van der Waals surface area contributed by atoms with Crippen molar-refractivity contribution in [3.05, 3.63) is 12.2 Å². The second-order valence-electron chi connectivity index (χ2n) is 8.83. The highest BCUT2D eigenvalue weighted by Crippen LogP contribution is 2.43. The molecule has 8 nitrogen and oxygen atoms in total. The Bertz CT molecular complexity index is 534. The second-order valence-corrected chi connectivity index (χ2v) is 10.3. The number of esters is 1. The van der Waals surface area contributed by atoms with Crippen LogP contribution in [0.2, 0.25) is 0 Å². The van der Waals surface area contributed by atoms with E-state index in [1.165, 1.54) is 12.8 Å². The Morgan fingerprint density at radius 3 is 2.23 bits per heavy atom. The van der Waals surface area contributed by atoms with E-state index in [1.807, 2.05) is 21.1 Å². The maximum atomic E-state index is 11.9. The normalized spacial score (nSPS) is 15.2. The number of quaternary nitrogens is 1. The molecular weight excluding hydrogens is 421 g/mol. The first-order valence-corrected chi connectivity index (χ1v) is 13.0. The molecule has 0 spiro atoms. The number of hydrogen-bond donors (Lipinski definition) is 2. The molecule has 0 radical (unpaired) electrons. The van der Waals surface area contributed by atoms with E-state index in [4.69, 9.17) is 13.8 Å². The number of aliphatic hydroxyl groups is 1. The number of ether oxygens (including phenoxy) is 1. The van der Waals surface area contributed by atoms with Gasteiger partial charge in [-0.2, -0.15) is 0 Å². The maximum absolute atomic E-state index is 11.9. The highest BCUT2D eigenvalue weighted by atomic mass is 31.2. The van der Waals surface area contributed by atoms with Crippen molar-refractivity contribution in [3.8, 4) is 0 Å². The van der Waals surface area contributed by atoms with Crippen LogP contribution < -0.4 is 0 Å². The molecule has 184 valence electrons. The van der Waals surface area contributed by atoms with Crippen molar-refractivity contribution in [2.45, 2.75) is 77.2 Å². The first kappa shape index (κ1) is 30.2. The minimum absolute atomic E-state index is 0.0516. The molecule has 0 aliphatic carbocycles. The summed E-state index contributed by atoms with van der Waals surface area (Å²) in [5.41, 5.74) is 0. The number of phosphoric acid groups is 1. The molecule has 0 aliphatic rings. The summed E-state index contributed by atoms with van der Waals surface area (Å²) < 4.78 is 27.3. The quantitative estimate of drug-likeness (QED) is 0.0911. The molecule has 0 aliphatic heterocycles. The molecule has 1 unspecified atom stereocenters. The molecule has 9 heteroatoms. The number of carbonyl (C=O) groups is 1. The van der Waals surface area contributed by atoms with E-state index in [1.54, 1.807) is 0 Å². The predicted molar refractivity (Wildman–Crippen MR) is 123 cm³/mol. The third kappa shape index (κ3) is 20.9. The summed E-state index contributed by atoms with van der Waals surface area (Å²) >= 11 is 0. The minimum atomic E-state index is -4.25. The lowest BCUT2D eigenvalue weighted by atomic mass is 10.1. The number of nitrogens with zero attached hydrogens (tertiary/aromatic N) is 1. The van der Waals surface area contributed by atoms with Crippen LogP contribution in [0.15, 0.2) is 12.2 Å². The summed E-state index contributed by atoms with van der Waals surface area (Å²) in [5, 5.41) is 9.34. The average Bonchev–Trinajstić information content (AvgIpc) is 2.68. The van der Waals surface area contributed by atoms with Gasteiger partial charge in [-0.3, -0.25) is 13.8 Å². The third-order valence-electron chi connectivity index (χ3n) is 4.58. The number of unbranched alkanes of at least 4 members (excludes halogenated alkanes) is 7. The van der Waals surface area contributed by atoms with Crippen molar-refractivity contribution < 1.29 is 37.6 Å². The van der Waals surface area contributed by atoms with Crippen LogP contribution in [0.5, 0.6) is 0 Å². The van der Waals surface area contributed by atoms with Crippen LogP contribution in [0.4, 0.5) is 0 Å². The van der Waals surface area contributed by atoms with Gasteiger partial charge in [0.15, 0.2) is 0 Å². The number of allylic oxidation sites excluding steroid dienone is 2. The van der Waals surface area contributed by atoms with Crippen molar-refractivity contribution in [3.63, 3.8) is 0 Å². The molecule has 2 atom stereocenters. The fourth-order valence-corrected chi connectivity index (χ4v) is 3.37. The van der Waals surface area contributed by atoms with E-state index in [2.05, 4.69) is 19.1 Å². The maximum Gasteiger partial charge on any atom is 0.472 e. The van der Waals surface area contributed by atoms with E-state index >= 15 is 0 Å². The Morgan fingerprint density at radius 1 is 1.00 bits per heavy atom. The zero-order chi connectivity index (χ0) is 23.6. The summed E-state index contributed by atoms with van der Waals surface area (Å²) in [5.74, 6) is -0.444. The molecule has 0 heterocycles. The standard InChI is InChI=1S/C22H44NO7P/c1-5-6-7-8-9-10-11-12-13-14-15-16-22(25)30-21(19-24)20-29-31(26,27)28-18-17-23(2,3)4/h8-9,21,24H,5-7,10-20H2,1-4H3/p+1/b9-8-/t21-/m1/s1. The van der Waals surface area contributed by atoms with Crippen molar-refractivity contribution in [1.29, 1.82) is 0 Å². The highest BCUT2D eigenvalue weighted by Gasteiger charge is 2.25. The fourth-order valence-electron chi connectivity index (χ4n) is 2.63. The van der Waals surface area contributed by atoms with Crippen LogP contribution >= 0.6 is 7.82 Å². The Kier molecular flexibility index (Phi) is 17.3. The Hall–Kier alpha value is -0.760. The molecule has 0 saturated carbocycles. The van der Waals surface area contributed by atoms with E-state index in [9.17, 15) is 19.4 Å². The smallest absolute Gasteiger partial charge is 0.457 e. The summed E-state index contributed by atoms with van der Waals surface area (Å²) in [6.45, 7) is 1.89. The van der Waals surface area contributed by atoms with Gasteiger partial charge in [-0.1, -0.05) is 51.2 Å². The molecule has 0 saturated heterocycles. The lowest BCUT2D eigenvalue weighted by Crippen LogP contribution is -2.37. The number of hydrogen-bond acceptors (Lipinski definition) is 6. The van der Waals surface area contributed by atoms with Gasteiger partial charge in [-0.15, -0.1) is 0 Å². The van der Waals surface area contributed by atoms with Gasteiger partial charge in [0, 0.05) is 6.42 Å². The molecule has 31 heavy (non-hydrogen) atoms. The predicted octanol–water partition coefficient (Wildman–Crippen LogP) is 4.21. The van der Waals surface area contributed by atoms with Crippen molar-refractivity contribution in [2.24, 2.45) is 0 Å². The number of aliphatic hydroxyl groups excluding tert-OH is 1. The van der Waals surface area contributed by atoms with Gasteiger partial charge in [-0.05, 0) is 25.7 Å². The van der Waals surface area contributed by atoms with Gasteiger partial charge < -0.3 is 19.2 Å². The van der Waals surface area contributed by atoms with Crippen molar-refractivity contribution >= 4 is 13.8 Å². The first-order valence-electron chi connectivity index (χ1n) is 11.5. The van der Waals surface area contributed by atoms with Gasteiger partial charge >= 0.3 is 13.8 Å². The first-order chi connectivity index (χ1) is 14.6. The summed E-state index contributed by atoms with van der Waals surface area (Å²) in [6, 6.07) is 0. The molecule has 0 aromatic carbocycles. The third-order valence-corrected chi connectivity index (χ3v) is 5.57. The van der Waals surface area contributed by atoms with Gasteiger partial charge in [0.2, 0.25) is 0 Å². The summed E-state index contributed by atoms with van der Waals surface area (Å²) in [7, 11) is 1.54. The van der Waals surface area contributed by atoms with Gasteiger partial charge in [0.1, 0.15) is 19.3 Å². The lowest BCUT2D eigenvalue weighted by Gasteiger charge is -2.24. The number of phosphoric ester groups is 1. The topological polar surface area (TPSA) is 102 Å². The molecular formula is C22H45NO7P+. The molecule has 0 aromatic heterocycles. The average molecular weight is 467 g/mol. The SMILES string of the molecule is CCCC/C=C\CCCCCCCC(=O)O[C@H](CO)COP(=O)(O)OCC[N+](C)(C)C. The Balaban J connectivity index is 3.87. The molecule has 0 fully saturated rings. The van der Waals surface area contributed by atoms with Gasteiger partial charge in [-0.25, -0.2) is 4.57 Å². The summed E-state index contributed by atoms with van der Waals surface area (Å²) in [6.07, 6.45) is 13.6. The molecule has 0 amide bonds. The van der Waals surface area contributed by atoms with Crippen LogP contribution in [0.25, 0.3) is 0 Å². The number of likely N-dealkylation sites (N-methyl/N-ethyl adjacent to an activating group) is 1. The van der Waals surface area contributed by atoms with E-state index in [0.717, 1.165) is 44.9 Å². The van der Waals surface area contributed by atoms with Gasteiger partial charge in [0.05, 0.1) is 34.4 Å². The van der Waals surface area contributed by atoms with Crippen LogP contribution in [0.3, 0.4) is 0 Å².